The largest absolute Gasteiger partial charge is 0.478 e. The van der Waals surface area contributed by atoms with Crippen molar-refractivity contribution in [2.24, 2.45) is 0 Å². The Bertz CT molecular complexity index is 153. The first-order chi connectivity index (χ1) is 4.18. The normalized spacial score (nSPS) is 4.70. The van der Waals surface area contributed by atoms with E-state index in [0.717, 1.165) is 6.08 Å². The van der Waals surface area contributed by atoms with Crippen LogP contribution in [0.1, 0.15) is 1.43 Å². The van der Waals surface area contributed by atoms with Gasteiger partial charge in [0.1, 0.15) is 0 Å². The van der Waals surface area contributed by atoms with E-state index in [2.05, 4.69) is 13.2 Å². The molecule has 0 amide bonds. The van der Waals surface area contributed by atoms with E-state index < -0.39 is 5.97 Å². The van der Waals surface area contributed by atoms with E-state index in [0.29, 0.717) is 0 Å². The van der Waals surface area contributed by atoms with Gasteiger partial charge in [-0.3, -0.25) is 0 Å². The maximum atomic E-state index is 9.25. The number of nitrogens with zero attached hydrogens (tertiary/aromatic N) is 1. The average molecular weight is 150 g/mol. The van der Waals surface area contributed by atoms with Gasteiger partial charge in [0.05, 0.1) is 6.07 Å². The fraction of sp³-hybridized carbons (Fsp3) is 0. The summed E-state index contributed by atoms with van der Waals surface area (Å²) in [5, 5.41) is 15.1. The first-order valence-corrected chi connectivity index (χ1v) is 2.05. The minimum Gasteiger partial charge on any atom is -0.478 e. The summed E-state index contributed by atoms with van der Waals surface area (Å²) in [7, 11) is 0. The monoisotopic (exact) mass is 150 g/mol. The van der Waals surface area contributed by atoms with Gasteiger partial charge in [0.15, 0.2) is 0 Å². The molecule has 0 spiro atoms. The third-order valence-electron chi connectivity index (χ3n) is 0.266. The Labute approximate surface area is 83.4 Å². The van der Waals surface area contributed by atoms with E-state index in [-0.39, 0.29) is 31.0 Å². The molecule has 0 saturated carbocycles. The Balaban J connectivity index is -0.0000000383. The molecule has 1 radical (unpaired) electrons. The summed E-state index contributed by atoms with van der Waals surface area (Å²) in [6, 6.07) is 1.69. The Kier molecular flexibility index (Phi) is 25.6. The van der Waals surface area contributed by atoms with Crippen LogP contribution in [0, 0.1) is 11.3 Å². The summed E-state index contributed by atoms with van der Waals surface area (Å²) in [6.07, 6.45) is 2.01. The van der Waals surface area contributed by atoms with Crippen LogP contribution in [-0.2, 0) is 4.79 Å². The predicted octanol–water partition coefficient (Wildman–Crippen LogP) is 0.818. The van der Waals surface area contributed by atoms with Gasteiger partial charge in [0.25, 0.3) is 0 Å². The maximum absolute atomic E-state index is 9.25. The summed E-state index contributed by atoms with van der Waals surface area (Å²) >= 11 is 0. The molecule has 10 heavy (non-hydrogen) atoms. The summed E-state index contributed by atoms with van der Waals surface area (Å²) in [4.78, 5) is 9.25. The average Bonchev–Trinajstić information content (AvgIpc) is 1.89. The second kappa shape index (κ2) is 15.8. The summed E-state index contributed by atoms with van der Waals surface area (Å²) in [6.45, 7) is 6.08. The van der Waals surface area contributed by atoms with Gasteiger partial charge in [0, 0.05) is 43.1 Å². The zero-order chi connectivity index (χ0) is 7.70. The van der Waals surface area contributed by atoms with Crippen LogP contribution >= 0.6 is 0 Å². The molecule has 0 aromatic rings. The summed E-state index contributed by atoms with van der Waals surface area (Å²) in [5.74, 6) is -0.981. The summed E-state index contributed by atoms with van der Waals surface area (Å²) in [5.41, 5.74) is 0. The first kappa shape index (κ1) is 16.2. The van der Waals surface area contributed by atoms with Crippen molar-refractivity contribution in [1.29, 1.82) is 5.26 Å². The van der Waals surface area contributed by atoms with Crippen molar-refractivity contribution in [1.82, 2.24) is 0 Å². The molecule has 0 fully saturated rings. The quantitative estimate of drug-likeness (QED) is 0.342. The SMILES string of the molecule is C=CC#N.C=CC(=O)O.[HH].[Na]. The van der Waals surface area contributed by atoms with Crippen LogP contribution in [0.2, 0.25) is 0 Å². The van der Waals surface area contributed by atoms with Crippen molar-refractivity contribution in [3.8, 4) is 6.07 Å². The molecule has 0 bridgehead atoms. The predicted molar refractivity (Wildman–Crippen MR) is 41.5 cm³/mol. The zero-order valence-corrected chi connectivity index (χ0v) is 7.87. The molecular weight excluding hydrogens is 141 g/mol. The van der Waals surface area contributed by atoms with Crippen LogP contribution in [0.15, 0.2) is 25.3 Å². The maximum Gasteiger partial charge on any atom is 0.327 e. The molecule has 0 rings (SSSR count). The smallest absolute Gasteiger partial charge is 0.327 e. The van der Waals surface area contributed by atoms with Crippen molar-refractivity contribution >= 4 is 35.5 Å². The molecular formula is C6H9NNaO2. The fourth-order valence-electron chi connectivity index (χ4n) is 0. The van der Waals surface area contributed by atoms with E-state index in [9.17, 15) is 4.79 Å². The van der Waals surface area contributed by atoms with E-state index >= 15 is 0 Å². The minimum atomic E-state index is -0.981. The Morgan fingerprint density at radius 3 is 1.90 bits per heavy atom. The van der Waals surface area contributed by atoms with E-state index in [1.807, 2.05) is 0 Å². The molecule has 0 unspecified atom stereocenters. The first-order valence-electron chi connectivity index (χ1n) is 2.05. The van der Waals surface area contributed by atoms with E-state index in [1.165, 1.54) is 6.08 Å². The van der Waals surface area contributed by atoms with Crippen molar-refractivity contribution < 1.29 is 11.3 Å². The fourth-order valence-corrected chi connectivity index (χ4v) is 0. The number of carbonyl (C=O) groups is 1. The number of carboxylic acid groups (broad SMARTS) is 1. The van der Waals surface area contributed by atoms with Crippen LogP contribution < -0.4 is 0 Å². The molecule has 3 nitrogen and oxygen atoms in total. The number of rotatable bonds is 1. The van der Waals surface area contributed by atoms with Crippen molar-refractivity contribution in [3.05, 3.63) is 25.3 Å². The topological polar surface area (TPSA) is 61.1 Å². The number of allylic oxidation sites excluding steroid dienone is 1. The standard InChI is InChI=1S/C3H3N.C3H4O2.Na.H2/c1-2-3-4;1-2-3(4)5;;/h2H,1H2;2H,1H2,(H,4,5);;1H. The van der Waals surface area contributed by atoms with Crippen molar-refractivity contribution in [3.63, 3.8) is 0 Å². The van der Waals surface area contributed by atoms with Crippen LogP contribution in [0.4, 0.5) is 0 Å². The Morgan fingerprint density at radius 2 is 1.90 bits per heavy atom. The van der Waals surface area contributed by atoms with Gasteiger partial charge in [0.2, 0.25) is 0 Å². The van der Waals surface area contributed by atoms with Gasteiger partial charge in [-0.2, -0.15) is 5.26 Å². The number of carboxylic acids is 1. The molecule has 0 aromatic carbocycles. The van der Waals surface area contributed by atoms with Crippen LogP contribution in [0.5, 0.6) is 0 Å². The van der Waals surface area contributed by atoms with Gasteiger partial charge in [-0.1, -0.05) is 13.2 Å². The van der Waals surface area contributed by atoms with Crippen LogP contribution in [0.3, 0.4) is 0 Å². The van der Waals surface area contributed by atoms with Crippen molar-refractivity contribution in [2.75, 3.05) is 0 Å². The number of aliphatic carboxylic acids is 1. The van der Waals surface area contributed by atoms with Crippen molar-refractivity contribution in [2.45, 2.75) is 0 Å². The van der Waals surface area contributed by atoms with Crippen LogP contribution in [0.25, 0.3) is 0 Å². The minimum absolute atomic E-state index is 0. The Morgan fingerprint density at radius 1 is 1.70 bits per heavy atom. The molecule has 51 valence electrons. The number of hydrogen-bond donors (Lipinski definition) is 1. The van der Waals surface area contributed by atoms with E-state index in [1.54, 1.807) is 6.07 Å². The van der Waals surface area contributed by atoms with Gasteiger partial charge < -0.3 is 5.11 Å². The molecule has 0 aliphatic heterocycles. The molecule has 0 aliphatic rings. The zero-order valence-electron chi connectivity index (χ0n) is 5.87. The third-order valence-corrected chi connectivity index (χ3v) is 0.266. The molecule has 0 saturated heterocycles. The summed E-state index contributed by atoms with van der Waals surface area (Å²) < 4.78 is 0. The molecule has 0 aliphatic carbocycles. The van der Waals surface area contributed by atoms with Gasteiger partial charge >= 0.3 is 5.97 Å². The molecule has 4 heteroatoms. The molecule has 0 atom stereocenters. The number of hydrogen-bond acceptors (Lipinski definition) is 2. The van der Waals surface area contributed by atoms with Crippen LogP contribution in [-0.4, -0.2) is 40.6 Å². The Hall–Kier alpha value is -0.560. The third kappa shape index (κ3) is 51.8. The van der Waals surface area contributed by atoms with Gasteiger partial charge in [-0.15, -0.1) is 0 Å². The van der Waals surface area contributed by atoms with Gasteiger partial charge in [-0.05, 0) is 0 Å². The van der Waals surface area contributed by atoms with E-state index in [4.69, 9.17) is 10.4 Å². The molecule has 0 aromatic heterocycles. The second-order valence-corrected chi connectivity index (χ2v) is 0.876. The molecule has 0 heterocycles. The second-order valence-electron chi connectivity index (χ2n) is 0.876. The molecule has 1 N–H and O–H groups in total. The number of nitriles is 1. The van der Waals surface area contributed by atoms with Gasteiger partial charge in [-0.25, -0.2) is 4.79 Å².